The van der Waals surface area contributed by atoms with Gasteiger partial charge >= 0.3 is 0 Å². The van der Waals surface area contributed by atoms with Crippen LogP contribution in [0.15, 0.2) is 41.5 Å². The van der Waals surface area contributed by atoms with Gasteiger partial charge in [0.15, 0.2) is 5.15 Å². The lowest BCUT2D eigenvalue weighted by Gasteiger charge is -2.09. The van der Waals surface area contributed by atoms with Crippen LogP contribution in [0.2, 0.25) is 5.15 Å². The fraction of sp³-hybridized carbons (Fsp3) is 0.0909. The molecule has 2 aromatic rings. The third-order valence-corrected chi connectivity index (χ3v) is 2.40. The van der Waals surface area contributed by atoms with Crippen molar-refractivity contribution in [3.05, 3.63) is 52.2 Å². The van der Waals surface area contributed by atoms with Crippen LogP contribution in [0.5, 0.6) is 5.75 Å². The Morgan fingerprint density at radius 3 is 2.88 bits per heavy atom. The molecular weight excluding hydrogens is 228 g/mol. The number of aromatic nitrogens is 2. The summed E-state index contributed by atoms with van der Waals surface area (Å²) in [7, 11) is 1.55. The molecule has 0 saturated heterocycles. The maximum absolute atomic E-state index is 11.8. The maximum atomic E-state index is 11.8. The predicted molar refractivity (Wildman–Crippen MR) is 61.4 cm³/mol. The molecule has 2 rings (SSSR count). The number of para-hydroxylation sites is 2. The minimum atomic E-state index is -0.367. The van der Waals surface area contributed by atoms with E-state index in [9.17, 15) is 4.79 Å². The van der Waals surface area contributed by atoms with Crippen molar-refractivity contribution in [3.8, 4) is 11.4 Å². The van der Waals surface area contributed by atoms with E-state index in [4.69, 9.17) is 16.3 Å². The Kier molecular flexibility index (Phi) is 2.92. The summed E-state index contributed by atoms with van der Waals surface area (Å²) in [5, 5.41) is -0.0617. The first kappa shape index (κ1) is 10.7. The monoisotopic (exact) mass is 236 g/mol. The van der Waals surface area contributed by atoms with Crippen molar-refractivity contribution in [1.29, 1.82) is 0 Å². The fourth-order valence-electron chi connectivity index (χ4n) is 1.41. The number of hydrogen-bond donors (Lipinski definition) is 0. The molecule has 0 aliphatic rings. The Morgan fingerprint density at radius 1 is 1.38 bits per heavy atom. The van der Waals surface area contributed by atoms with E-state index in [-0.39, 0.29) is 10.7 Å². The van der Waals surface area contributed by atoms with E-state index in [1.54, 1.807) is 25.4 Å². The second kappa shape index (κ2) is 4.37. The van der Waals surface area contributed by atoms with E-state index in [1.807, 2.05) is 12.1 Å². The zero-order valence-electron chi connectivity index (χ0n) is 8.55. The topological polar surface area (TPSA) is 44.1 Å². The van der Waals surface area contributed by atoms with E-state index >= 15 is 0 Å². The SMILES string of the molecule is COc1ccccc1-n1ccnc(Cl)c1=O. The largest absolute Gasteiger partial charge is 0.495 e. The molecule has 0 radical (unpaired) electrons. The van der Waals surface area contributed by atoms with Gasteiger partial charge in [-0.15, -0.1) is 0 Å². The summed E-state index contributed by atoms with van der Waals surface area (Å²) in [5.41, 5.74) is 0.271. The highest BCUT2D eigenvalue weighted by atomic mass is 35.5. The molecule has 0 amide bonds. The number of benzene rings is 1. The van der Waals surface area contributed by atoms with Gasteiger partial charge in [-0.05, 0) is 12.1 Å². The van der Waals surface area contributed by atoms with E-state index in [0.29, 0.717) is 11.4 Å². The van der Waals surface area contributed by atoms with Crippen molar-refractivity contribution < 1.29 is 4.74 Å². The van der Waals surface area contributed by atoms with Crippen molar-refractivity contribution in [3.63, 3.8) is 0 Å². The standard InChI is InChI=1S/C11H9ClN2O2/c1-16-9-5-3-2-4-8(9)14-7-6-13-10(12)11(14)15/h2-7H,1H3. The molecule has 0 saturated carbocycles. The van der Waals surface area contributed by atoms with Gasteiger partial charge < -0.3 is 4.74 Å². The average molecular weight is 237 g/mol. The highest BCUT2D eigenvalue weighted by Gasteiger charge is 2.07. The van der Waals surface area contributed by atoms with Gasteiger partial charge in [0.25, 0.3) is 5.56 Å². The molecule has 0 atom stereocenters. The zero-order valence-corrected chi connectivity index (χ0v) is 9.31. The Balaban J connectivity index is 2.68. The van der Waals surface area contributed by atoms with Crippen molar-refractivity contribution in [2.24, 2.45) is 0 Å². The molecule has 0 spiro atoms. The van der Waals surface area contributed by atoms with Crippen LogP contribution in [0.1, 0.15) is 0 Å². The van der Waals surface area contributed by atoms with Crippen LogP contribution >= 0.6 is 11.6 Å². The Morgan fingerprint density at radius 2 is 2.12 bits per heavy atom. The summed E-state index contributed by atoms with van der Waals surface area (Å²) in [6.45, 7) is 0. The number of hydrogen-bond acceptors (Lipinski definition) is 3. The number of nitrogens with zero attached hydrogens (tertiary/aromatic N) is 2. The Hall–Kier alpha value is -1.81. The molecular formula is C11H9ClN2O2. The highest BCUT2D eigenvalue weighted by Crippen LogP contribution is 2.20. The van der Waals surface area contributed by atoms with Crippen LogP contribution in [0, 0.1) is 0 Å². The van der Waals surface area contributed by atoms with Crippen LogP contribution in [0.4, 0.5) is 0 Å². The lowest BCUT2D eigenvalue weighted by Crippen LogP contribution is -2.19. The van der Waals surface area contributed by atoms with Crippen molar-refractivity contribution in [2.45, 2.75) is 0 Å². The van der Waals surface area contributed by atoms with E-state index in [1.165, 1.54) is 10.8 Å². The van der Waals surface area contributed by atoms with Crippen molar-refractivity contribution in [2.75, 3.05) is 7.11 Å². The normalized spacial score (nSPS) is 10.1. The number of rotatable bonds is 2. The molecule has 0 unspecified atom stereocenters. The fourth-order valence-corrected chi connectivity index (χ4v) is 1.55. The smallest absolute Gasteiger partial charge is 0.292 e. The van der Waals surface area contributed by atoms with Crippen LogP contribution in [0.25, 0.3) is 5.69 Å². The molecule has 1 aromatic heterocycles. The first-order valence-corrected chi connectivity index (χ1v) is 4.98. The van der Waals surface area contributed by atoms with E-state index in [0.717, 1.165) is 0 Å². The second-order valence-electron chi connectivity index (χ2n) is 3.07. The highest BCUT2D eigenvalue weighted by molar-refractivity contribution is 6.29. The Bertz CT molecular complexity index is 566. The summed E-state index contributed by atoms with van der Waals surface area (Å²) < 4.78 is 6.57. The minimum absolute atomic E-state index is 0.0617. The van der Waals surface area contributed by atoms with Crippen LogP contribution in [-0.4, -0.2) is 16.7 Å². The molecule has 82 valence electrons. The summed E-state index contributed by atoms with van der Waals surface area (Å²) in [6, 6.07) is 7.20. The lowest BCUT2D eigenvalue weighted by molar-refractivity contribution is 0.412. The first-order chi connectivity index (χ1) is 7.74. The van der Waals surface area contributed by atoms with Gasteiger partial charge in [0.1, 0.15) is 5.75 Å². The predicted octanol–water partition coefficient (Wildman–Crippen LogP) is 1.89. The third kappa shape index (κ3) is 1.79. The van der Waals surface area contributed by atoms with Crippen LogP contribution in [0.3, 0.4) is 0 Å². The molecule has 0 bridgehead atoms. The van der Waals surface area contributed by atoms with Crippen molar-refractivity contribution >= 4 is 11.6 Å². The summed E-state index contributed by atoms with van der Waals surface area (Å²) in [6.07, 6.45) is 3.02. The molecule has 16 heavy (non-hydrogen) atoms. The maximum Gasteiger partial charge on any atom is 0.292 e. The summed E-state index contributed by atoms with van der Waals surface area (Å²) in [4.78, 5) is 15.5. The summed E-state index contributed by atoms with van der Waals surface area (Å²) in [5.74, 6) is 0.604. The van der Waals surface area contributed by atoms with E-state index in [2.05, 4.69) is 4.98 Å². The molecule has 0 N–H and O–H groups in total. The van der Waals surface area contributed by atoms with Gasteiger partial charge in [0, 0.05) is 12.4 Å². The van der Waals surface area contributed by atoms with Gasteiger partial charge in [0.05, 0.1) is 12.8 Å². The first-order valence-electron chi connectivity index (χ1n) is 4.60. The second-order valence-corrected chi connectivity index (χ2v) is 3.42. The van der Waals surface area contributed by atoms with E-state index < -0.39 is 0 Å². The summed E-state index contributed by atoms with van der Waals surface area (Å²) >= 11 is 5.67. The van der Waals surface area contributed by atoms with Gasteiger partial charge in [-0.25, -0.2) is 4.98 Å². The van der Waals surface area contributed by atoms with Gasteiger partial charge in [0.2, 0.25) is 0 Å². The molecule has 1 aromatic carbocycles. The zero-order chi connectivity index (χ0) is 11.5. The van der Waals surface area contributed by atoms with Crippen LogP contribution < -0.4 is 10.3 Å². The van der Waals surface area contributed by atoms with Gasteiger partial charge in [-0.3, -0.25) is 9.36 Å². The number of ether oxygens (including phenoxy) is 1. The van der Waals surface area contributed by atoms with Crippen molar-refractivity contribution in [1.82, 2.24) is 9.55 Å². The quantitative estimate of drug-likeness (QED) is 0.800. The molecule has 0 fully saturated rings. The molecule has 4 nitrogen and oxygen atoms in total. The molecule has 0 aliphatic carbocycles. The van der Waals surface area contributed by atoms with Crippen LogP contribution in [-0.2, 0) is 0 Å². The van der Waals surface area contributed by atoms with Gasteiger partial charge in [-0.2, -0.15) is 0 Å². The number of halogens is 1. The van der Waals surface area contributed by atoms with Gasteiger partial charge in [-0.1, -0.05) is 23.7 Å². The molecule has 1 heterocycles. The lowest BCUT2D eigenvalue weighted by atomic mass is 10.3. The minimum Gasteiger partial charge on any atom is -0.495 e. The third-order valence-electron chi connectivity index (χ3n) is 2.14. The number of methoxy groups -OCH3 is 1. The molecule has 0 aliphatic heterocycles. The average Bonchev–Trinajstić information content (AvgIpc) is 2.33. The molecule has 5 heteroatoms. The Labute approximate surface area is 97.1 Å².